The van der Waals surface area contributed by atoms with E-state index < -0.39 is 5.60 Å². The monoisotopic (exact) mass is 353 g/mol. The fourth-order valence-corrected chi connectivity index (χ4v) is 3.78. The van der Waals surface area contributed by atoms with Gasteiger partial charge in [0.1, 0.15) is 5.60 Å². The zero-order chi connectivity index (χ0) is 17.6. The van der Waals surface area contributed by atoms with E-state index >= 15 is 0 Å². The highest BCUT2D eigenvalue weighted by atomic mass is 32.1. The molecule has 0 radical (unpaired) electrons. The second-order valence-electron chi connectivity index (χ2n) is 7.49. The Hall–Kier alpha value is -1.07. The molecule has 1 aliphatic rings. The number of ether oxygens (including phenoxy) is 2. The summed E-state index contributed by atoms with van der Waals surface area (Å²) < 4.78 is 11.5. The topological polar surface area (TPSA) is 38.8 Å². The van der Waals surface area contributed by atoms with E-state index in [1.165, 1.54) is 11.3 Å². The molecular weight excluding hydrogens is 322 g/mol. The molecule has 1 aromatic rings. The van der Waals surface area contributed by atoms with Gasteiger partial charge in [-0.25, -0.2) is 4.79 Å². The van der Waals surface area contributed by atoms with Crippen LogP contribution in [0, 0.1) is 0 Å². The highest BCUT2D eigenvalue weighted by molar-refractivity contribution is 7.10. The van der Waals surface area contributed by atoms with E-state index in [0.29, 0.717) is 0 Å². The Morgan fingerprint density at radius 1 is 1.42 bits per heavy atom. The zero-order valence-corrected chi connectivity index (χ0v) is 16.2. The van der Waals surface area contributed by atoms with Gasteiger partial charge in [0.05, 0.1) is 6.10 Å². The summed E-state index contributed by atoms with van der Waals surface area (Å²) in [5.74, 6) is 0. The first-order valence-corrected chi connectivity index (χ1v) is 9.89. The van der Waals surface area contributed by atoms with Crippen molar-refractivity contribution in [3.8, 4) is 0 Å². The Bertz CT molecular complexity index is 495. The summed E-state index contributed by atoms with van der Waals surface area (Å²) in [6, 6.07) is 4.45. The Kier molecular flexibility index (Phi) is 7.11. The van der Waals surface area contributed by atoms with Crippen molar-refractivity contribution in [1.82, 2.24) is 4.90 Å². The highest BCUT2D eigenvalue weighted by Gasteiger charge is 2.30. The molecule has 0 aromatic carbocycles. The number of amides is 1. The molecule has 1 amide bonds. The Balaban J connectivity index is 1.75. The maximum Gasteiger partial charge on any atom is 0.410 e. The van der Waals surface area contributed by atoms with Crippen molar-refractivity contribution in [2.45, 2.75) is 77.5 Å². The van der Waals surface area contributed by atoms with Gasteiger partial charge in [0.2, 0.25) is 0 Å². The van der Waals surface area contributed by atoms with Crippen molar-refractivity contribution in [2.75, 3.05) is 13.2 Å². The second kappa shape index (κ2) is 8.86. The van der Waals surface area contributed by atoms with Crippen LogP contribution in [0.3, 0.4) is 0 Å². The maximum atomic E-state index is 12.4. The van der Waals surface area contributed by atoms with Gasteiger partial charge in [-0.05, 0) is 71.2 Å². The first-order valence-electron chi connectivity index (χ1n) is 9.01. The van der Waals surface area contributed by atoms with Crippen LogP contribution in [0.5, 0.6) is 0 Å². The van der Waals surface area contributed by atoms with Crippen LogP contribution in [0.15, 0.2) is 17.5 Å². The first kappa shape index (κ1) is 19.3. The van der Waals surface area contributed by atoms with Crippen LogP contribution in [0.25, 0.3) is 0 Å². The molecule has 0 N–H and O–H groups in total. The number of likely N-dealkylation sites (tertiary alicyclic amines) is 1. The van der Waals surface area contributed by atoms with Crippen molar-refractivity contribution in [3.05, 3.63) is 22.4 Å². The number of rotatable bonds is 6. The maximum absolute atomic E-state index is 12.4. The molecule has 0 spiro atoms. The van der Waals surface area contributed by atoms with Crippen LogP contribution >= 0.6 is 11.3 Å². The van der Waals surface area contributed by atoms with E-state index in [4.69, 9.17) is 9.47 Å². The van der Waals surface area contributed by atoms with Crippen LogP contribution in [0.4, 0.5) is 4.79 Å². The number of hydrogen-bond acceptors (Lipinski definition) is 4. The van der Waals surface area contributed by atoms with E-state index in [-0.39, 0.29) is 18.2 Å². The molecule has 1 fully saturated rings. The number of hydrogen-bond donors (Lipinski definition) is 0. The van der Waals surface area contributed by atoms with Crippen molar-refractivity contribution >= 4 is 17.4 Å². The van der Waals surface area contributed by atoms with Crippen LogP contribution < -0.4 is 0 Å². The summed E-state index contributed by atoms with van der Waals surface area (Å²) in [5.41, 5.74) is -0.432. The molecule has 0 unspecified atom stereocenters. The number of carbonyl (C=O) groups is 1. The van der Waals surface area contributed by atoms with E-state index in [1.807, 2.05) is 25.7 Å². The molecule has 2 heterocycles. The van der Waals surface area contributed by atoms with Gasteiger partial charge in [-0.15, -0.1) is 11.3 Å². The molecular formula is C19H31NO3S. The minimum absolute atomic E-state index is 0.151. The zero-order valence-electron chi connectivity index (χ0n) is 15.4. The third-order valence-corrected chi connectivity index (χ3v) is 5.28. The fraction of sp³-hybridized carbons (Fsp3) is 0.737. The van der Waals surface area contributed by atoms with Gasteiger partial charge >= 0.3 is 6.09 Å². The van der Waals surface area contributed by atoms with Crippen molar-refractivity contribution in [2.24, 2.45) is 0 Å². The molecule has 2 rings (SSSR count). The van der Waals surface area contributed by atoms with Crippen LogP contribution in [-0.2, 0) is 9.47 Å². The van der Waals surface area contributed by atoms with Gasteiger partial charge in [0.25, 0.3) is 0 Å². The lowest BCUT2D eigenvalue weighted by Crippen LogP contribution is -2.46. The number of carbonyl (C=O) groups excluding carboxylic acids is 1. The quantitative estimate of drug-likeness (QED) is 0.643. The van der Waals surface area contributed by atoms with Gasteiger partial charge in [0.15, 0.2) is 0 Å². The smallest absolute Gasteiger partial charge is 0.410 e. The lowest BCUT2D eigenvalue weighted by molar-refractivity contribution is 0.00602. The molecule has 1 aliphatic heterocycles. The minimum Gasteiger partial charge on any atom is -0.444 e. The van der Waals surface area contributed by atoms with E-state index in [9.17, 15) is 4.79 Å². The molecule has 24 heavy (non-hydrogen) atoms. The molecule has 1 saturated heterocycles. The van der Waals surface area contributed by atoms with Gasteiger partial charge in [-0.2, -0.15) is 0 Å². The van der Waals surface area contributed by atoms with E-state index in [0.717, 1.165) is 38.8 Å². The Labute approximate surface area is 150 Å². The third-order valence-electron chi connectivity index (χ3n) is 4.25. The average molecular weight is 354 g/mol. The molecule has 0 bridgehead atoms. The molecule has 5 heteroatoms. The Morgan fingerprint density at radius 2 is 2.21 bits per heavy atom. The van der Waals surface area contributed by atoms with Crippen LogP contribution in [0.1, 0.15) is 70.8 Å². The number of nitrogens with zero attached hydrogens (tertiary/aromatic N) is 1. The summed E-state index contributed by atoms with van der Waals surface area (Å²) in [7, 11) is 0. The van der Waals surface area contributed by atoms with Crippen LogP contribution in [0.2, 0.25) is 0 Å². The summed E-state index contributed by atoms with van der Waals surface area (Å²) in [4.78, 5) is 15.6. The molecule has 1 aromatic heterocycles. The van der Waals surface area contributed by atoms with E-state index in [2.05, 4.69) is 24.4 Å². The largest absolute Gasteiger partial charge is 0.444 e. The first-order chi connectivity index (χ1) is 11.4. The molecule has 2 atom stereocenters. The van der Waals surface area contributed by atoms with Crippen molar-refractivity contribution < 1.29 is 14.3 Å². The van der Waals surface area contributed by atoms with Gasteiger partial charge < -0.3 is 14.4 Å². The van der Waals surface area contributed by atoms with Crippen LogP contribution in [-0.4, -0.2) is 35.8 Å². The second-order valence-corrected chi connectivity index (χ2v) is 8.47. The fourth-order valence-electron chi connectivity index (χ4n) is 3.05. The average Bonchev–Trinajstić information content (AvgIpc) is 3.04. The standard InChI is InChI=1S/C19H31NO3S/c1-15(17-11-8-14-24-17)22-13-7-10-16-9-5-6-12-20(16)18(21)23-19(2,3)4/h8,11,14-16H,5-7,9-10,12-13H2,1-4H3/t15-,16-/m0/s1. The molecule has 4 nitrogen and oxygen atoms in total. The summed E-state index contributed by atoms with van der Waals surface area (Å²) >= 11 is 1.73. The molecule has 0 aliphatic carbocycles. The summed E-state index contributed by atoms with van der Waals surface area (Å²) in [6.07, 6.45) is 5.27. The predicted octanol–water partition coefficient (Wildman–Crippen LogP) is 5.40. The predicted molar refractivity (Wildman–Crippen MR) is 98.5 cm³/mol. The van der Waals surface area contributed by atoms with E-state index in [1.54, 1.807) is 11.3 Å². The number of piperidine rings is 1. The van der Waals surface area contributed by atoms with Crippen molar-refractivity contribution in [1.29, 1.82) is 0 Å². The van der Waals surface area contributed by atoms with Gasteiger partial charge in [-0.3, -0.25) is 0 Å². The summed E-state index contributed by atoms with van der Waals surface area (Å²) in [6.45, 7) is 9.40. The van der Waals surface area contributed by atoms with Gasteiger partial charge in [-0.1, -0.05) is 6.07 Å². The lowest BCUT2D eigenvalue weighted by Gasteiger charge is -2.37. The third kappa shape index (κ3) is 6.10. The normalized spacial score (nSPS) is 20.0. The summed E-state index contributed by atoms with van der Waals surface area (Å²) in [5, 5.41) is 2.08. The molecule has 136 valence electrons. The van der Waals surface area contributed by atoms with Gasteiger partial charge in [0, 0.05) is 24.1 Å². The highest BCUT2D eigenvalue weighted by Crippen LogP contribution is 2.25. The molecule has 0 saturated carbocycles. The Morgan fingerprint density at radius 3 is 2.88 bits per heavy atom. The minimum atomic E-state index is -0.432. The lowest BCUT2D eigenvalue weighted by atomic mass is 9.98. The SMILES string of the molecule is C[C@H](OCCC[C@@H]1CCCCN1C(=O)OC(C)(C)C)c1cccs1. The number of thiophene rings is 1. The van der Waals surface area contributed by atoms with Crippen molar-refractivity contribution in [3.63, 3.8) is 0 Å².